The summed E-state index contributed by atoms with van der Waals surface area (Å²) in [7, 11) is 0. The fourth-order valence-corrected chi connectivity index (χ4v) is 3.44. The van der Waals surface area contributed by atoms with Crippen molar-refractivity contribution in [2.75, 3.05) is 19.6 Å². The Hall–Kier alpha value is -0.280. The van der Waals surface area contributed by atoms with Crippen molar-refractivity contribution >= 4 is 18.3 Å². The van der Waals surface area contributed by atoms with Gasteiger partial charge in [0.25, 0.3) is 0 Å². The lowest BCUT2D eigenvalue weighted by molar-refractivity contribution is -0.125. The van der Waals surface area contributed by atoms with E-state index in [1.165, 1.54) is 32.1 Å². The number of hydrogen-bond acceptors (Lipinski definition) is 2. The first kappa shape index (κ1) is 16.8. The summed E-state index contributed by atoms with van der Waals surface area (Å²) in [6.07, 6.45) is 8.88. The second-order valence-electron chi connectivity index (χ2n) is 6.26. The van der Waals surface area contributed by atoms with Crippen molar-refractivity contribution in [2.24, 2.45) is 17.8 Å². The highest BCUT2D eigenvalue weighted by Gasteiger charge is 2.22. The Bertz CT molecular complexity index is 267. The monoisotopic (exact) mass is 288 g/mol. The summed E-state index contributed by atoms with van der Waals surface area (Å²) in [4.78, 5) is 12.0. The van der Waals surface area contributed by atoms with Crippen molar-refractivity contribution in [3.05, 3.63) is 0 Å². The molecule has 3 nitrogen and oxygen atoms in total. The van der Waals surface area contributed by atoms with Gasteiger partial charge in [-0.1, -0.05) is 26.2 Å². The molecule has 0 aromatic carbocycles. The predicted octanol–water partition coefficient (Wildman–Crippen LogP) is 2.74. The number of halogens is 1. The van der Waals surface area contributed by atoms with Crippen LogP contribution in [0.2, 0.25) is 0 Å². The van der Waals surface area contributed by atoms with Crippen LogP contribution in [0.1, 0.15) is 51.9 Å². The third-order valence-corrected chi connectivity index (χ3v) is 4.56. The molecule has 1 saturated carbocycles. The van der Waals surface area contributed by atoms with E-state index < -0.39 is 0 Å². The zero-order valence-corrected chi connectivity index (χ0v) is 12.9. The number of carbonyl (C=O) groups excluding carboxylic acids is 1. The van der Waals surface area contributed by atoms with Crippen molar-refractivity contribution in [3.63, 3.8) is 0 Å². The third kappa shape index (κ3) is 5.70. The molecule has 0 aromatic heterocycles. The number of hydrogen-bond donors (Lipinski definition) is 2. The molecule has 1 amide bonds. The SMILES string of the molecule is CC1CCCC(CCNC(=O)C2CCCNC2)C1.Cl. The lowest BCUT2D eigenvalue weighted by Gasteiger charge is -2.27. The molecule has 2 fully saturated rings. The van der Waals surface area contributed by atoms with Crippen LogP contribution in [-0.2, 0) is 4.79 Å². The first-order chi connectivity index (χ1) is 8.75. The minimum Gasteiger partial charge on any atom is -0.356 e. The van der Waals surface area contributed by atoms with E-state index in [0.717, 1.165) is 44.3 Å². The normalized spacial score (nSPS) is 31.3. The van der Waals surface area contributed by atoms with Gasteiger partial charge in [-0.15, -0.1) is 12.4 Å². The van der Waals surface area contributed by atoms with Gasteiger partial charge >= 0.3 is 0 Å². The van der Waals surface area contributed by atoms with Crippen LogP contribution in [-0.4, -0.2) is 25.5 Å². The minimum absolute atomic E-state index is 0. The van der Waals surface area contributed by atoms with E-state index in [4.69, 9.17) is 0 Å². The smallest absolute Gasteiger partial charge is 0.224 e. The topological polar surface area (TPSA) is 41.1 Å². The number of piperidine rings is 1. The highest BCUT2D eigenvalue weighted by Crippen LogP contribution is 2.30. The molecule has 1 aliphatic carbocycles. The van der Waals surface area contributed by atoms with E-state index >= 15 is 0 Å². The maximum absolute atomic E-state index is 12.0. The van der Waals surface area contributed by atoms with Crippen LogP contribution < -0.4 is 10.6 Å². The van der Waals surface area contributed by atoms with Gasteiger partial charge in [-0.3, -0.25) is 4.79 Å². The van der Waals surface area contributed by atoms with Gasteiger partial charge < -0.3 is 10.6 Å². The molecule has 1 heterocycles. The lowest BCUT2D eigenvalue weighted by Crippen LogP contribution is -2.41. The largest absolute Gasteiger partial charge is 0.356 e. The Kier molecular flexibility index (Phi) is 7.77. The van der Waals surface area contributed by atoms with Crippen LogP contribution in [0.25, 0.3) is 0 Å². The van der Waals surface area contributed by atoms with Crippen LogP contribution in [0.4, 0.5) is 0 Å². The van der Waals surface area contributed by atoms with Gasteiger partial charge in [0, 0.05) is 13.1 Å². The quantitative estimate of drug-likeness (QED) is 0.835. The number of rotatable bonds is 4. The fourth-order valence-electron chi connectivity index (χ4n) is 3.44. The summed E-state index contributed by atoms with van der Waals surface area (Å²) < 4.78 is 0. The molecule has 1 saturated heterocycles. The summed E-state index contributed by atoms with van der Waals surface area (Å²) in [6.45, 7) is 5.18. The van der Waals surface area contributed by atoms with Gasteiger partial charge in [-0.05, 0) is 44.1 Å². The highest BCUT2D eigenvalue weighted by atomic mass is 35.5. The highest BCUT2D eigenvalue weighted by molar-refractivity contribution is 5.85. The van der Waals surface area contributed by atoms with Crippen molar-refractivity contribution in [3.8, 4) is 0 Å². The first-order valence-electron chi connectivity index (χ1n) is 7.74. The number of carbonyl (C=O) groups is 1. The lowest BCUT2D eigenvalue weighted by atomic mass is 9.81. The molecular weight excluding hydrogens is 260 g/mol. The Morgan fingerprint density at radius 3 is 2.79 bits per heavy atom. The average Bonchev–Trinajstić information content (AvgIpc) is 2.40. The van der Waals surface area contributed by atoms with E-state index in [2.05, 4.69) is 17.6 Å². The van der Waals surface area contributed by atoms with Crippen molar-refractivity contribution in [1.82, 2.24) is 10.6 Å². The van der Waals surface area contributed by atoms with Gasteiger partial charge in [-0.2, -0.15) is 0 Å². The molecule has 19 heavy (non-hydrogen) atoms. The van der Waals surface area contributed by atoms with Crippen molar-refractivity contribution < 1.29 is 4.79 Å². The molecule has 4 heteroatoms. The summed E-state index contributed by atoms with van der Waals surface area (Å²) in [5.74, 6) is 2.22. The number of amides is 1. The molecule has 0 spiro atoms. The van der Waals surface area contributed by atoms with Gasteiger partial charge in [0.1, 0.15) is 0 Å². The molecular formula is C15H29ClN2O. The van der Waals surface area contributed by atoms with E-state index in [0.29, 0.717) is 0 Å². The number of nitrogens with one attached hydrogen (secondary N) is 2. The third-order valence-electron chi connectivity index (χ3n) is 4.56. The Morgan fingerprint density at radius 2 is 2.11 bits per heavy atom. The van der Waals surface area contributed by atoms with Crippen molar-refractivity contribution in [2.45, 2.75) is 51.9 Å². The fraction of sp³-hybridized carbons (Fsp3) is 0.933. The zero-order valence-electron chi connectivity index (χ0n) is 12.1. The van der Waals surface area contributed by atoms with E-state index in [-0.39, 0.29) is 24.2 Å². The molecule has 0 radical (unpaired) electrons. The molecule has 2 rings (SSSR count). The maximum Gasteiger partial charge on any atom is 0.224 e. The van der Waals surface area contributed by atoms with Gasteiger partial charge in [0.15, 0.2) is 0 Å². The maximum atomic E-state index is 12.0. The van der Waals surface area contributed by atoms with Crippen LogP contribution in [0, 0.1) is 17.8 Å². The van der Waals surface area contributed by atoms with Crippen LogP contribution in [0.3, 0.4) is 0 Å². The molecule has 112 valence electrons. The minimum atomic E-state index is 0. The van der Waals surface area contributed by atoms with Crippen LogP contribution in [0.5, 0.6) is 0 Å². The van der Waals surface area contributed by atoms with Crippen LogP contribution >= 0.6 is 12.4 Å². The predicted molar refractivity (Wildman–Crippen MR) is 81.6 cm³/mol. The molecule has 2 aliphatic rings. The van der Waals surface area contributed by atoms with Gasteiger partial charge in [0.2, 0.25) is 5.91 Å². The molecule has 3 atom stereocenters. The van der Waals surface area contributed by atoms with Crippen LogP contribution in [0.15, 0.2) is 0 Å². The molecule has 0 bridgehead atoms. The summed E-state index contributed by atoms with van der Waals surface area (Å²) in [6, 6.07) is 0. The summed E-state index contributed by atoms with van der Waals surface area (Å²) in [5, 5.41) is 6.44. The average molecular weight is 289 g/mol. The zero-order chi connectivity index (χ0) is 12.8. The van der Waals surface area contributed by atoms with Gasteiger partial charge in [-0.25, -0.2) is 0 Å². The molecule has 2 N–H and O–H groups in total. The molecule has 3 unspecified atom stereocenters. The Labute approximate surface area is 123 Å². The second-order valence-corrected chi connectivity index (χ2v) is 6.26. The second kappa shape index (κ2) is 8.80. The van der Waals surface area contributed by atoms with Crippen molar-refractivity contribution in [1.29, 1.82) is 0 Å². The standard InChI is InChI=1S/C15H28N2O.ClH/c1-12-4-2-5-13(10-12)7-9-17-15(18)14-6-3-8-16-11-14;/h12-14,16H,2-11H2,1H3,(H,17,18);1H. The Morgan fingerprint density at radius 1 is 1.26 bits per heavy atom. The Balaban J connectivity index is 0.00000180. The van der Waals surface area contributed by atoms with E-state index in [1.54, 1.807) is 0 Å². The van der Waals surface area contributed by atoms with Gasteiger partial charge in [0.05, 0.1) is 5.92 Å². The summed E-state index contributed by atoms with van der Waals surface area (Å²) >= 11 is 0. The van der Waals surface area contributed by atoms with E-state index in [1.807, 2.05) is 0 Å². The first-order valence-corrected chi connectivity index (χ1v) is 7.74. The molecule has 0 aromatic rings. The molecule has 1 aliphatic heterocycles. The summed E-state index contributed by atoms with van der Waals surface area (Å²) in [5.41, 5.74) is 0. The van der Waals surface area contributed by atoms with E-state index in [9.17, 15) is 4.79 Å².